The highest BCUT2D eigenvalue weighted by molar-refractivity contribution is 7.99. The van der Waals surface area contributed by atoms with Crippen molar-refractivity contribution in [3.63, 3.8) is 0 Å². The van der Waals surface area contributed by atoms with Gasteiger partial charge in [-0.05, 0) is 30.3 Å². The molecule has 0 fully saturated rings. The van der Waals surface area contributed by atoms with E-state index in [1.54, 1.807) is 12.1 Å². The maximum absolute atomic E-state index is 13.1. The number of rotatable bonds is 4. The molecular weight excluding hydrogens is 371 g/mol. The van der Waals surface area contributed by atoms with Crippen LogP contribution in [-0.2, 0) is 0 Å². The van der Waals surface area contributed by atoms with Crippen LogP contribution in [0.15, 0.2) is 52.3 Å². The molecule has 0 bridgehead atoms. The largest absolute Gasteiger partial charge is 0.382 e. The van der Waals surface area contributed by atoms with Gasteiger partial charge in [-0.2, -0.15) is 10.2 Å². The number of nitrogens with zero attached hydrogens (tertiary/aromatic N) is 4. The van der Waals surface area contributed by atoms with Crippen molar-refractivity contribution < 1.29 is 9.31 Å². The average molecular weight is 382 g/mol. The molecule has 1 heterocycles. The summed E-state index contributed by atoms with van der Waals surface area (Å²) < 4.78 is 13.1. The maximum Gasteiger partial charge on any atom is 0.270 e. The number of aromatic nitrogens is 2. The highest BCUT2D eigenvalue weighted by Gasteiger charge is 2.20. The molecule has 0 amide bonds. The third-order valence-corrected chi connectivity index (χ3v) is 4.62. The fourth-order valence-electron chi connectivity index (χ4n) is 2.34. The van der Waals surface area contributed by atoms with Gasteiger partial charge in [0.15, 0.2) is 0 Å². The fourth-order valence-corrected chi connectivity index (χ4v) is 3.26. The maximum atomic E-state index is 13.1. The minimum absolute atomic E-state index is 0.0364. The number of anilines is 2. The van der Waals surface area contributed by atoms with Crippen LogP contribution in [-0.4, -0.2) is 14.9 Å². The molecule has 0 aliphatic carbocycles. The summed E-state index contributed by atoms with van der Waals surface area (Å²) >= 11 is 1.23. The molecule has 0 radical (unpaired) electrons. The Hall–Kier alpha value is -3.71. The van der Waals surface area contributed by atoms with E-state index in [1.165, 1.54) is 42.1 Å². The van der Waals surface area contributed by atoms with Crippen LogP contribution >= 0.6 is 11.8 Å². The van der Waals surface area contributed by atoms with Gasteiger partial charge in [0.1, 0.15) is 23.3 Å². The zero-order valence-corrected chi connectivity index (χ0v) is 14.4. The molecule has 0 unspecified atom stereocenters. The van der Waals surface area contributed by atoms with Crippen molar-refractivity contribution in [1.29, 1.82) is 5.26 Å². The van der Waals surface area contributed by atoms with Gasteiger partial charge in [-0.3, -0.25) is 10.1 Å². The van der Waals surface area contributed by atoms with Gasteiger partial charge in [0.2, 0.25) is 5.95 Å². The quantitative estimate of drug-likeness (QED) is 0.516. The summed E-state index contributed by atoms with van der Waals surface area (Å²) in [6.45, 7) is 0. The standard InChI is InChI=1S/C17H11FN6O2S/c18-9-1-4-11(5-2-9)27-14-6-3-10(24(25)26)7-12(14)15-13(8-19)16(20)23-17(21)22-15/h1-7H,(H4,20,21,22,23). The molecular formula is C17H11FN6O2S. The Morgan fingerprint density at radius 2 is 1.85 bits per heavy atom. The Morgan fingerprint density at radius 1 is 1.15 bits per heavy atom. The van der Waals surface area contributed by atoms with Gasteiger partial charge in [-0.15, -0.1) is 0 Å². The number of nitro groups is 1. The van der Waals surface area contributed by atoms with Crippen molar-refractivity contribution in [3.05, 3.63) is 64.0 Å². The number of nitro benzene ring substituents is 1. The first-order chi connectivity index (χ1) is 12.9. The molecule has 0 aliphatic heterocycles. The molecule has 3 aromatic rings. The summed E-state index contributed by atoms with van der Waals surface area (Å²) in [6, 6.07) is 11.8. The molecule has 0 saturated heterocycles. The van der Waals surface area contributed by atoms with Crippen LogP contribution in [0.25, 0.3) is 11.3 Å². The third kappa shape index (κ3) is 3.78. The molecule has 1 aromatic heterocycles. The van der Waals surface area contributed by atoms with Crippen molar-refractivity contribution in [2.75, 3.05) is 11.5 Å². The molecule has 2 aromatic carbocycles. The molecule has 0 aliphatic rings. The van der Waals surface area contributed by atoms with Crippen molar-refractivity contribution >= 4 is 29.2 Å². The van der Waals surface area contributed by atoms with Crippen molar-refractivity contribution in [1.82, 2.24) is 9.97 Å². The summed E-state index contributed by atoms with van der Waals surface area (Å²) in [7, 11) is 0. The number of nitrogens with two attached hydrogens (primary N) is 2. The van der Waals surface area contributed by atoms with Crippen LogP contribution < -0.4 is 11.5 Å². The Balaban J connectivity index is 2.21. The first-order valence-electron chi connectivity index (χ1n) is 7.44. The fraction of sp³-hybridized carbons (Fsp3) is 0. The van der Waals surface area contributed by atoms with Crippen molar-refractivity contribution in [2.45, 2.75) is 9.79 Å². The first kappa shape index (κ1) is 18.1. The average Bonchev–Trinajstić information content (AvgIpc) is 2.63. The molecule has 0 saturated carbocycles. The lowest BCUT2D eigenvalue weighted by Crippen LogP contribution is -2.05. The lowest BCUT2D eigenvalue weighted by atomic mass is 10.1. The molecule has 3 rings (SSSR count). The first-order valence-corrected chi connectivity index (χ1v) is 8.26. The summed E-state index contributed by atoms with van der Waals surface area (Å²) in [5, 5.41) is 20.6. The normalized spacial score (nSPS) is 10.4. The van der Waals surface area contributed by atoms with E-state index in [-0.39, 0.29) is 34.5 Å². The summed E-state index contributed by atoms with van der Waals surface area (Å²) in [5.41, 5.74) is 11.6. The summed E-state index contributed by atoms with van der Waals surface area (Å²) in [6.07, 6.45) is 0. The van der Waals surface area contributed by atoms with E-state index in [2.05, 4.69) is 9.97 Å². The van der Waals surface area contributed by atoms with Crippen LogP contribution in [0, 0.1) is 27.3 Å². The number of nitriles is 1. The number of halogens is 1. The smallest absolute Gasteiger partial charge is 0.270 e. The molecule has 10 heteroatoms. The summed E-state index contributed by atoms with van der Waals surface area (Å²) in [5.74, 6) is -0.665. The van der Waals surface area contributed by atoms with Crippen LogP contribution in [0.1, 0.15) is 5.56 Å². The van der Waals surface area contributed by atoms with E-state index >= 15 is 0 Å². The predicted molar refractivity (Wildman–Crippen MR) is 98.2 cm³/mol. The second-order valence-electron chi connectivity index (χ2n) is 5.30. The van der Waals surface area contributed by atoms with E-state index < -0.39 is 4.92 Å². The Labute approximate surface area is 156 Å². The van der Waals surface area contributed by atoms with Gasteiger partial charge < -0.3 is 11.5 Å². The van der Waals surface area contributed by atoms with Gasteiger partial charge in [-0.1, -0.05) is 11.8 Å². The van der Waals surface area contributed by atoms with Crippen molar-refractivity contribution in [3.8, 4) is 17.3 Å². The van der Waals surface area contributed by atoms with Crippen LogP contribution in [0.3, 0.4) is 0 Å². The molecule has 4 N–H and O–H groups in total. The number of nitrogen functional groups attached to an aromatic ring is 2. The number of hydrogen-bond acceptors (Lipinski definition) is 8. The second-order valence-corrected chi connectivity index (χ2v) is 6.41. The van der Waals surface area contributed by atoms with E-state index in [0.29, 0.717) is 15.4 Å². The molecule has 8 nitrogen and oxygen atoms in total. The minimum Gasteiger partial charge on any atom is -0.382 e. The molecule has 27 heavy (non-hydrogen) atoms. The lowest BCUT2D eigenvalue weighted by molar-refractivity contribution is -0.384. The van der Waals surface area contributed by atoms with Gasteiger partial charge in [0, 0.05) is 27.5 Å². The van der Waals surface area contributed by atoms with Gasteiger partial charge in [0.25, 0.3) is 5.69 Å². The Bertz CT molecular complexity index is 1080. The van der Waals surface area contributed by atoms with E-state index in [9.17, 15) is 19.8 Å². The van der Waals surface area contributed by atoms with E-state index in [1.807, 2.05) is 6.07 Å². The lowest BCUT2D eigenvalue weighted by Gasteiger charge is -2.11. The minimum atomic E-state index is -0.560. The van der Waals surface area contributed by atoms with Crippen LogP contribution in [0.4, 0.5) is 21.8 Å². The number of hydrogen-bond donors (Lipinski definition) is 2. The number of non-ortho nitro benzene ring substituents is 1. The highest BCUT2D eigenvalue weighted by Crippen LogP contribution is 2.39. The zero-order valence-electron chi connectivity index (χ0n) is 13.6. The van der Waals surface area contributed by atoms with Crippen LogP contribution in [0.2, 0.25) is 0 Å². The zero-order chi connectivity index (χ0) is 19.6. The van der Waals surface area contributed by atoms with E-state index in [0.717, 1.165) is 0 Å². The number of benzene rings is 2. The SMILES string of the molecule is N#Cc1c(N)nc(N)nc1-c1cc([N+](=O)[O-])ccc1Sc1ccc(F)cc1. The topological polar surface area (TPSA) is 145 Å². The second kappa shape index (κ2) is 7.27. The van der Waals surface area contributed by atoms with Gasteiger partial charge in [0.05, 0.1) is 10.6 Å². The third-order valence-electron chi connectivity index (χ3n) is 3.54. The Kier molecular flexibility index (Phi) is 4.87. The van der Waals surface area contributed by atoms with Gasteiger partial charge >= 0.3 is 0 Å². The summed E-state index contributed by atoms with van der Waals surface area (Å²) in [4.78, 5) is 19.7. The molecule has 0 spiro atoms. The van der Waals surface area contributed by atoms with Gasteiger partial charge in [-0.25, -0.2) is 9.37 Å². The monoisotopic (exact) mass is 382 g/mol. The highest BCUT2D eigenvalue weighted by atomic mass is 32.2. The molecule has 134 valence electrons. The molecule has 0 atom stereocenters. The van der Waals surface area contributed by atoms with Crippen LogP contribution in [0.5, 0.6) is 0 Å². The Morgan fingerprint density at radius 3 is 2.48 bits per heavy atom. The van der Waals surface area contributed by atoms with E-state index in [4.69, 9.17) is 11.5 Å². The predicted octanol–water partition coefficient (Wildman–Crippen LogP) is 3.38. The van der Waals surface area contributed by atoms with Crippen molar-refractivity contribution in [2.24, 2.45) is 0 Å².